The van der Waals surface area contributed by atoms with E-state index in [2.05, 4.69) is 9.88 Å². The van der Waals surface area contributed by atoms with Crippen LogP contribution in [-0.2, 0) is 4.79 Å². The van der Waals surface area contributed by atoms with Gasteiger partial charge in [0.1, 0.15) is 5.82 Å². The highest BCUT2D eigenvalue weighted by atomic mass is 16.4. The minimum atomic E-state index is -0.631. The normalized spacial score (nSPS) is 25.1. The van der Waals surface area contributed by atoms with Crippen molar-refractivity contribution in [2.24, 2.45) is 11.3 Å². The molecule has 2 heterocycles. The number of aromatic nitrogens is 1. The van der Waals surface area contributed by atoms with Crippen LogP contribution < -0.4 is 10.6 Å². The zero-order valence-corrected chi connectivity index (χ0v) is 10.2. The Morgan fingerprint density at radius 2 is 2.17 bits per heavy atom. The maximum atomic E-state index is 11.0. The lowest BCUT2D eigenvalue weighted by Gasteiger charge is -2.33. The molecule has 1 aromatic heterocycles. The number of carboxylic acid groups (broad SMARTS) is 1. The summed E-state index contributed by atoms with van der Waals surface area (Å²) in [6, 6.07) is 3.78. The molecule has 0 bridgehead atoms. The van der Waals surface area contributed by atoms with Crippen LogP contribution in [0.3, 0.4) is 0 Å². The molecule has 0 amide bonds. The van der Waals surface area contributed by atoms with Gasteiger partial charge < -0.3 is 15.7 Å². The summed E-state index contributed by atoms with van der Waals surface area (Å²) in [6.45, 7) is 1.78. The molecule has 5 nitrogen and oxygen atoms in total. The predicted molar refractivity (Wildman–Crippen MR) is 68.3 cm³/mol. The Morgan fingerprint density at radius 1 is 1.44 bits per heavy atom. The first-order valence-electron chi connectivity index (χ1n) is 6.30. The maximum Gasteiger partial charge on any atom is 0.307 e. The first kappa shape index (κ1) is 11.3. The molecule has 0 radical (unpaired) electrons. The lowest BCUT2D eigenvalue weighted by molar-refractivity contribution is -0.139. The number of pyridine rings is 1. The smallest absolute Gasteiger partial charge is 0.307 e. The van der Waals surface area contributed by atoms with E-state index in [1.54, 1.807) is 6.20 Å². The molecule has 5 heteroatoms. The molecule has 1 aliphatic carbocycles. The number of aliphatic carboxylic acids is 1. The first-order valence-corrected chi connectivity index (χ1v) is 6.30. The van der Waals surface area contributed by atoms with E-state index in [1.165, 1.54) is 0 Å². The fourth-order valence-electron chi connectivity index (χ4n) is 3.02. The van der Waals surface area contributed by atoms with Gasteiger partial charge in [-0.3, -0.25) is 4.79 Å². The highest BCUT2D eigenvalue weighted by Gasteiger charge is 2.58. The van der Waals surface area contributed by atoms with E-state index in [9.17, 15) is 4.79 Å². The molecule has 1 spiro atoms. The lowest BCUT2D eigenvalue weighted by atomic mass is 9.91. The van der Waals surface area contributed by atoms with Crippen molar-refractivity contribution >= 4 is 17.5 Å². The zero-order chi connectivity index (χ0) is 12.8. The van der Waals surface area contributed by atoms with Gasteiger partial charge in [-0.15, -0.1) is 0 Å². The van der Waals surface area contributed by atoms with Crippen molar-refractivity contribution in [2.75, 3.05) is 23.7 Å². The van der Waals surface area contributed by atoms with Crippen LogP contribution >= 0.6 is 0 Å². The Kier molecular flexibility index (Phi) is 2.43. The van der Waals surface area contributed by atoms with E-state index in [-0.39, 0.29) is 11.3 Å². The molecule has 2 aliphatic rings. The van der Waals surface area contributed by atoms with Crippen molar-refractivity contribution in [3.63, 3.8) is 0 Å². The molecule has 1 atom stereocenters. The van der Waals surface area contributed by atoms with Crippen molar-refractivity contribution in [1.82, 2.24) is 4.98 Å². The molecule has 2 fully saturated rings. The second kappa shape index (κ2) is 3.86. The molecular formula is C13H17N3O2. The van der Waals surface area contributed by atoms with Gasteiger partial charge in [-0.05, 0) is 36.8 Å². The van der Waals surface area contributed by atoms with Gasteiger partial charge in [0.05, 0.1) is 17.8 Å². The topological polar surface area (TPSA) is 79.5 Å². The quantitative estimate of drug-likeness (QED) is 0.824. The number of carbonyl (C=O) groups is 1. The summed E-state index contributed by atoms with van der Waals surface area (Å²) in [7, 11) is 0. The number of hydrogen-bond acceptors (Lipinski definition) is 4. The van der Waals surface area contributed by atoms with Gasteiger partial charge in [0, 0.05) is 13.1 Å². The summed E-state index contributed by atoms with van der Waals surface area (Å²) in [4.78, 5) is 17.5. The van der Waals surface area contributed by atoms with E-state index in [4.69, 9.17) is 10.8 Å². The molecule has 3 rings (SSSR count). The number of hydrogen-bond donors (Lipinski definition) is 2. The summed E-state index contributed by atoms with van der Waals surface area (Å²) >= 11 is 0. The SMILES string of the molecule is Nc1ccc(N2CCC3(CC2)CC3C(=O)O)nc1. The van der Waals surface area contributed by atoms with E-state index in [0.29, 0.717) is 5.69 Å². The Labute approximate surface area is 106 Å². The van der Waals surface area contributed by atoms with E-state index < -0.39 is 5.97 Å². The van der Waals surface area contributed by atoms with Crippen LogP contribution in [0.2, 0.25) is 0 Å². The Bertz CT molecular complexity index is 464. The van der Waals surface area contributed by atoms with Crippen LogP contribution in [0.25, 0.3) is 0 Å². The van der Waals surface area contributed by atoms with E-state index in [0.717, 1.165) is 38.2 Å². The predicted octanol–water partition coefficient (Wildman–Crippen LogP) is 1.35. The average molecular weight is 247 g/mol. The molecule has 96 valence electrons. The molecule has 0 aromatic carbocycles. The van der Waals surface area contributed by atoms with Gasteiger partial charge in [0.25, 0.3) is 0 Å². The minimum Gasteiger partial charge on any atom is -0.481 e. The fraction of sp³-hybridized carbons (Fsp3) is 0.538. The van der Waals surface area contributed by atoms with Crippen molar-refractivity contribution < 1.29 is 9.90 Å². The van der Waals surface area contributed by atoms with Gasteiger partial charge >= 0.3 is 5.97 Å². The monoisotopic (exact) mass is 247 g/mol. The summed E-state index contributed by atoms with van der Waals surface area (Å²) < 4.78 is 0. The van der Waals surface area contributed by atoms with E-state index in [1.807, 2.05) is 12.1 Å². The number of nitrogens with zero attached hydrogens (tertiary/aromatic N) is 2. The number of nitrogen functional groups attached to an aromatic ring is 1. The second-order valence-electron chi connectivity index (χ2n) is 5.39. The molecule has 1 saturated heterocycles. The third-order valence-corrected chi connectivity index (χ3v) is 4.34. The van der Waals surface area contributed by atoms with Crippen LogP contribution in [0.15, 0.2) is 18.3 Å². The zero-order valence-electron chi connectivity index (χ0n) is 10.2. The molecule has 1 aliphatic heterocycles. The molecular weight excluding hydrogens is 230 g/mol. The van der Waals surface area contributed by atoms with Crippen molar-refractivity contribution in [2.45, 2.75) is 19.3 Å². The molecule has 1 unspecified atom stereocenters. The standard InChI is InChI=1S/C13H17N3O2/c14-9-1-2-11(15-8-9)16-5-3-13(4-6-16)7-10(13)12(17)18/h1-2,8,10H,3-7,14H2,(H,17,18). The molecule has 1 aromatic rings. The maximum absolute atomic E-state index is 11.0. The third-order valence-electron chi connectivity index (χ3n) is 4.34. The second-order valence-corrected chi connectivity index (χ2v) is 5.39. The van der Waals surface area contributed by atoms with Crippen LogP contribution in [0.1, 0.15) is 19.3 Å². The van der Waals surface area contributed by atoms with Gasteiger partial charge in [-0.25, -0.2) is 4.98 Å². The third kappa shape index (κ3) is 1.79. The molecule has 3 N–H and O–H groups in total. The molecule has 1 saturated carbocycles. The Balaban J connectivity index is 1.64. The number of carboxylic acids is 1. The number of anilines is 2. The van der Waals surface area contributed by atoms with Crippen LogP contribution in [0.5, 0.6) is 0 Å². The van der Waals surface area contributed by atoms with E-state index >= 15 is 0 Å². The largest absolute Gasteiger partial charge is 0.481 e. The lowest BCUT2D eigenvalue weighted by Crippen LogP contribution is -2.36. The van der Waals surface area contributed by atoms with Gasteiger partial charge in [-0.1, -0.05) is 0 Å². The Hall–Kier alpha value is -1.78. The average Bonchev–Trinajstić information content (AvgIpc) is 3.06. The highest BCUT2D eigenvalue weighted by Crippen LogP contribution is 2.59. The summed E-state index contributed by atoms with van der Waals surface area (Å²) in [5, 5.41) is 9.04. The summed E-state index contributed by atoms with van der Waals surface area (Å²) in [5.74, 6) is 0.194. The fourth-order valence-corrected chi connectivity index (χ4v) is 3.02. The first-order chi connectivity index (χ1) is 8.61. The van der Waals surface area contributed by atoms with Gasteiger partial charge in [0.15, 0.2) is 0 Å². The Morgan fingerprint density at radius 3 is 2.67 bits per heavy atom. The highest BCUT2D eigenvalue weighted by molar-refractivity contribution is 5.75. The van der Waals surface area contributed by atoms with Gasteiger partial charge in [-0.2, -0.15) is 0 Å². The van der Waals surface area contributed by atoms with Crippen LogP contribution in [-0.4, -0.2) is 29.1 Å². The number of piperidine rings is 1. The summed E-state index contributed by atoms with van der Waals surface area (Å²) in [5.41, 5.74) is 6.36. The van der Waals surface area contributed by atoms with Gasteiger partial charge in [0.2, 0.25) is 0 Å². The van der Waals surface area contributed by atoms with Crippen LogP contribution in [0, 0.1) is 11.3 Å². The van der Waals surface area contributed by atoms with Crippen molar-refractivity contribution in [3.8, 4) is 0 Å². The van der Waals surface area contributed by atoms with Crippen LogP contribution in [0.4, 0.5) is 11.5 Å². The minimum absolute atomic E-state index is 0.0795. The number of nitrogens with two attached hydrogens (primary N) is 1. The summed E-state index contributed by atoms with van der Waals surface area (Å²) in [6.07, 6.45) is 4.42. The number of rotatable bonds is 2. The molecule has 18 heavy (non-hydrogen) atoms. The van der Waals surface area contributed by atoms with Crippen molar-refractivity contribution in [3.05, 3.63) is 18.3 Å². The van der Waals surface area contributed by atoms with Crippen molar-refractivity contribution in [1.29, 1.82) is 0 Å².